The van der Waals surface area contributed by atoms with Crippen molar-refractivity contribution in [2.45, 2.75) is 32.2 Å². The van der Waals surface area contributed by atoms with Crippen LogP contribution in [0.4, 0.5) is 0 Å². The van der Waals surface area contributed by atoms with Crippen LogP contribution in [0, 0.1) is 0 Å². The van der Waals surface area contributed by atoms with Crippen LogP contribution in [-0.4, -0.2) is 23.7 Å². The minimum atomic E-state index is -0.392. The highest BCUT2D eigenvalue weighted by atomic mass is 35.5. The van der Waals surface area contributed by atoms with Crippen LogP contribution in [0.5, 0.6) is 5.75 Å². The van der Waals surface area contributed by atoms with Gasteiger partial charge in [-0.15, -0.1) is 0 Å². The van der Waals surface area contributed by atoms with E-state index in [4.69, 9.17) is 9.84 Å². The fourth-order valence-corrected chi connectivity index (χ4v) is 1.43. The molecular formula is C13H20ClNO3. The van der Waals surface area contributed by atoms with Gasteiger partial charge in [-0.1, -0.05) is 25.5 Å². The third kappa shape index (κ3) is 5.89. The van der Waals surface area contributed by atoms with E-state index in [9.17, 15) is 4.79 Å². The maximum Gasteiger partial charge on any atom is 0.365 e. The van der Waals surface area contributed by atoms with E-state index in [0.29, 0.717) is 13.0 Å². The Morgan fingerprint density at radius 2 is 2.00 bits per heavy atom. The van der Waals surface area contributed by atoms with Gasteiger partial charge in [0.1, 0.15) is 5.75 Å². The molecule has 1 rings (SSSR count). The third-order valence-electron chi connectivity index (χ3n) is 2.49. The normalized spacial score (nSPS) is 11.4. The van der Waals surface area contributed by atoms with Crippen LogP contribution < -0.4 is 18.1 Å². The summed E-state index contributed by atoms with van der Waals surface area (Å²) in [6.45, 7) is 2.52. The quantitative estimate of drug-likeness (QED) is 0.460. The van der Waals surface area contributed by atoms with Crippen molar-refractivity contribution in [1.82, 2.24) is 0 Å². The summed E-state index contributed by atoms with van der Waals surface area (Å²) >= 11 is 0. The van der Waals surface area contributed by atoms with Gasteiger partial charge in [-0.3, -0.25) is 0 Å². The zero-order valence-electron chi connectivity index (χ0n) is 10.6. The first-order valence-electron chi connectivity index (χ1n) is 5.91. The number of halogens is 1. The Hall–Kier alpha value is -1.26. The van der Waals surface area contributed by atoms with Gasteiger partial charge >= 0.3 is 5.97 Å². The predicted octanol–water partition coefficient (Wildman–Crippen LogP) is -2.11. The zero-order valence-corrected chi connectivity index (χ0v) is 11.3. The average Bonchev–Trinajstić information content (AvgIpc) is 2.32. The molecule has 0 radical (unpaired) electrons. The number of aromatic hydroxyl groups is 1. The van der Waals surface area contributed by atoms with E-state index in [1.165, 1.54) is 0 Å². The minimum Gasteiger partial charge on any atom is -1.00 e. The van der Waals surface area contributed by atoms with Crippen molar-refractivity contribution in [3.63, 3.8) is 0 Å². The lowest BCUT2D eigenvalue weighted by Gasteiger charge is -2.08. The Morgan fingerprint density at radius 1 is 1.39 bits per heavy atom. The molecule has 1 aromatic carbocycles. The van der Waals surface area contributed by atoms with E-state index < -0.39 is 6.04 Å². The van der Waals surface area contributed by atoms with E-state index in [0.717, 1.165) is 18.4 Å². The summed E-state index contributed by atoms with van der Waals surface area (Å²) < 4.78 is 5.09. The van der Waals surface area contributed by atoms with Gasteiger partial charge in [0.2, 0.25) is 0 Å². The molecule has 0 aliphatic rings. The van der Waals surface area contributed by atoms with Crippen LogP contribution in [0.15, 0.2) is 24.3 Å². The second-order valence-electron chi connectivity index (χ2n) is 4.09. The fourth-order valence-electron chi connectivity index (χ4n) is 1.43. The third-order valence-corrected chi connectivity index (χ3v) is 2.49. The maximum absolute atomic E-state index is 11.6. The van der Waals surface area contributed by atoms with Crippen molar-refractivity contribution in [2.75, 3.05) is 6.61 Å². The number of rotatable bonds is 6. The van der Waals surface area contributed by atoms with Crippen LogP contribution in [0.2, 0.25) is 0 Å². The number of phenolic OH excluding ortho intramolecular Hbond substituents is 1. The SMILES string of the molecule is CCCCOC(=O)[C@@H]([NH3+])Cc1ccc(O)cc1.[Cl-]. The number of ether oxygens (including phenoxy) is 1. The second-order valence-corrected chi connectivity index (χ2v) is 4.09. The highest BCUT2D eigenvalue weighted by molar-refractivity contribution is 5.74. The molecule has 0 unspecified atom stereocenters. The van der Waals surface area contributed by atoms with Gasteiger partial charge in [-0.05, 0) is 24.1 Å². The Bertz CT molecular complexity index is 354. The van der Waals surface area contributed by atoms with Gasteiger partial charge in [0.15, 0.2) is 6.04 Å². The number of hydrogen-bond donors (Lipinski definition) is 2. The number of carbonyl (C=O) groups excluding carboxylic acids is 1. The van der Waals surface area contributed by atoms with Gasteiger partial charge in [0.05, 0.1) is 6.61 Å². The van der Waals surface area contributed by atoms with Crippen molar-refractivity contribution in [2.24, 2.45) is 0 Å². The largest absolute Gasteiger partial charge is 1.00 e. The van der Waals surface area contributed by atoms with E-state index in [1.54, 1.807) is 24.3 Å². The van der Waals surface area contributed by atoms with E-state index in [2.05, 4.69) is 5.73 Å². The molecule has 1 aromatic rings. The number of phenols is 1. The van der Waals surface area contributed by atoms with E-state index in [-0.39, 0.29) is 24.1 Å². The van der Waals surface area contributed by atoms with Crippen LogP contribution in [-0.2, 0) is 16.0 Å². The summed E-state index contributed by atoms with van der Waals surface area (Å²) in [6, 6.07) is 6.38. The van der Waals surface area contributed by atoms with Crippen molar-refractivity contribution in [3.8, 4) is 5.75 Å². The highest BCUT2D eigenvalue weighted by Gasteiger charge is 2.19. The first-order valence-corrected chi connectivity index (χ1v) is 5.91. The molecule has 0 saturated heterocycles. The molecule has 4 nitrogen and oxygen atoms in total. The molecule has 0 aromatic heterocycles. The lowest BCUT2D eigenvalue weighted by molar-refractivity contribution is -0.407. The molecule has 102 valence electrons. The Labute approximate surface area is 114 Å². The van der Waals surface area contributed by atoms with Gasteiger partial charge in [0.25, 0.3) is 0 Å². The number of quaternary nitrogens is 1. The lowest BCUT2D eigenvalue weighted by Crippen LogP contribution is -3.00. The first kappa shape index (κ1) is 16.7. The summed E-state index contributed by atoms with van der Waals surface area (Å²) in [5.74, 6) is -0.0357. The summed E-state index contributed by atoms with van der Waals surface area (Å²) in [7, 11) is 0. The molecule has 0 bridgehead atoms. The predicted molar refractivity (Wildman–Crippen MR) is 64.4 cm³/mol. The fraction of sp³-hybridized carbons (Fsp3) is 0.462. The molecule has 5 heteroatoms. The molecule has 0 aliphatic carbocycles. The zero-order chi connectivity index (χ0) is 12.7. The van der Waals surface area contributed by atoms with E-state index >= 15 is 0 Å². The monoisotopic (exact) mass is 273 g/mol. The van der Waals surface area contributed by atoms with Gasteiger partial charge in [-0.25, -0.2) is 4.79 Å². The molecule has 0 heterocycles. The van der Waals surface area contributed by atoms with E-state index in [1.807, 2.05) is 6.92 Å². The topological polar surface area (TPSA) is 74.2 Å². The van der Waals surface area contributed by atoms with Crippen molar-refractivity contribution < 1.29 is 32.8 Å². The average molecular weight is 274 g/mol. The molecule has 0 saturated carbocycles. The molecule has 18 heavy (non-hydrogen) atoms. The second kappa shape index (κ2) is 8.78. The van der Waals surface area contributed by atoms with Crippen molar-refractivity contribution in [3.05, 3.63) is 29.8 Å². The standard InChI is InChI=1S/C13H19NO3.ClH/c1-2-3-8-17-13(16)12(14)9-10-4-6-11(15)7-5-10;/h4-7,12,15H,2-3,8-9,14H2,1H3;1H/t12-;/m0./s1. The van der Waals surface area contributed by atoms with Crippen LogP contribution in [0.3, 0.4) is 0 Å². The van der Waals surface area contributed by atoms with Crippen LogP contribution >= 0.6 is 0 Å². The lowest BCUT2D eigenvalue weighted by atomic mass is 10.1. The number of benzene rings is 1. The molecule has 0 fully saturated rings. The minimum absolute atomic E-state index is 0. The first-order chi connectivity index (χ1) is 8.13. The Morgan fingerprint density at radius 3 is 2.56 bits per heavy atom. The number of esters is 1. The number of hydrogen-bond acceptors (Lipinski definition) is 3. The Kier molecular flexibility index (Phi) is 8.16. The summed E-state index contributed by atoms with van der Waals surface area (Å²) in [5.41, 5.74) is 4.77. The number of unbranched alkanes of at least 4 members (excludes halogenated alkanes) is 1. The molecule has 0 aliphatic heterocycles. The summed E-state index contributed by atoms with van der Waals surface area (Å²) in [5, 5.41) is 9.14. The smallest absolute Gasteiger partial charge is 0.365 e. The van der Waals surface area contributed by atoms with Gasteiger partial charge in [-0.2, -0.15) is 0 Å². The van der Waals surface area contributed by atoms with Gasteiger partial charge in [0, 0.05) is 6.42 Å². The highest BCUT2D eigenvalue weighted by Crippen LogP contribution is 2.10. The maximum atomic E-state index is 11.6. The van der Waals surface area contributed by atoms with Crippen LogP contribution in [0.25, 0.3) is 0 Å². The van der Waals surface area contributed by atoms with Gasteiger partial charge < -0.3 is 28.0 Å². The summed E-state index contributed by atoms with van der Waals surface area (Å²) in [4.78, 5) is 11.6. The van der Waals surface area contributed by atoms with Crippen molar-refractivity contribution >= 4 is 5.97 Å². The molecule has 1 atom stereocenters. The molecule has 0 amide bonds. The molecule has 0 spiro atoms. The van der Waals surface area contributed by atoms with Crippen LogP contribution in [0.1, 0.15) is 25.3 Å². The van der Waals surface area contributed by atoms with Crippen molar-refractivity contribution in [1.29, 1.82) is 0 Å². The molecular weight excluding hydrogens is 254 g/mol. The molecule has 4 N–H and O–H groups in total. The Balaban J connectivity index is 0.00000289. The number of carbonyl (C=O) groups is 1. The summed E-state index contributed by atoms with van der Waals surface area (Å²) in [6.07, 6.45) is 2.43.